The van der Waals surface area contributed by atoms with Gasteiger partial charge >= 0.3 is 0 Å². The van der Waals surface area contributed by atoms with Gasteiger partial charge in [0.15, 0.2) is 0 Å². The number of aromatic nitrogens is 1. The lowest BCUT2D eigenvalue weighted by Crippen LogP contribution is -2.23. The Morgan fingerprint density at radius 1 is 1.21 bits per heavy atom. The molecule has 0 bridgehead atoms. The van der Waals surface area contributed by atoms with E-state index in [9.17, 15) is 0 Å². The molecule has 3 rings (SSSR count). The molecule has 2 nitrogen and oxygen atoms in total. The zero-order valence-electron chi connectivity index (χ0n) is 11.9. The maximum atomic E-state index is 4.76. The third kappa shape index (κ3) is 2.58. The number of nitrogens with one attached hydrogen (secondary N) is 1. The molecule has 100 valence electrons. The van der Waals surface area contributed by atoms with Crippen molar-refractivity contribution in [1.82, 2.24) is 4.98 Å². The summed E-state index contributed by atoms with van der Waals surface area (Å²) in [4.78, 5) is 4.76. The first-order chi connectivity index (χ1) is 9.16. The molecule has 1 aromatic heterocycles. The van der Waals surface area contributed by atoms with Crippen LogP contribution in [0.15, 0.2) is 30.3 Å². The molecule has 19 heavy (non-hydrogen) atoms. The third-order valence-corrected chi connectivity index (χ3v) is 4.41. The van der Waals surface area contributed by atoms with Crippen LogP contribution in [0.2, 0.25) is 0 Å². The zero-order chi connectivity index (χ0) is 13.3. The lowest BCUT2D eigenvalue weighted by molar-refractivity contribution is 0.361. The molecule has 1 fully saturated rings. The van der Waals surface area contributed by atoms with E-state index in [1.54, 1.807) is 0 Å². The van der Waals surface area contributed by atoms with Crippen LogP contribution in [-0.2, 0) is 0 Å². The van der Waals surface area contributed by atoms with Gasteiger partial charge in [-0.15, -0.1) is 0 Å². The van der Waals surface area contributed by atoms with Crippen molar-refractivity contribution in [2.24, 2.45) is 5.41 Å². The molecule has 1 saturated carbocycles. The summed E-state index contributed by atoms with van der Waals surface area (Å²) in [7, 11) is 0. The van der Waals surface area contributed by atoms with E-state index in [-0.39, 0.29) is 0 Å². The average Bonchev–Trinajstić information content (AvgIpc) is 2.84. The highest BCUT2D eigenvalue weighted by Gasteiger charge is 2.28. The Morgan fingerprint density at radius 2 is 1.95 bits per heavy atom. The summed E-state index contributed by atoms with van der Waals surface area (Å²) in [5.41, 5.74) is 2.77. The first-order valence-corrected chi connectivity index (χ1v) is 7.27. The van der Waals surface area contributed by atoms with Crippen molar-refractivity contribution in [3.05, 3.63) is 35.9 Å². The van der Waals surface area contributed by atoms with Crippen molar-refractivity contribution in [2.75, 3.05) is 11.9 Å². The van der Waals surface area contributed by atoms with Crippen LogP contribution in [0.1, 0.15) is 38.2 Å². The summed E-state index contributed by atoms with van der Waals surface area (Å²) < 4.78 is 0. The van der Waals surface area contributed by atoms with Crippen molar-refractivity contribution >= 4 is 16.7 Å². The molecular formula is C17H22N2. The predicted molar refractivity (Wildman–Crippen MR) is 81.5 cm³/mol. The summed E-state index contributed by atoms with van der Waals surface area (Å²) in [6, 6.07) is 10.5. The number of nitrogens with zero attached hydrogens (tertiary/aromatic N) is 1. The van der Waals surface area contributed by atoms with Crippen molar-refractivity contribution < 1.29 is 0 Å². The van der Waals surface area contributed by atoms with Gasteiger partial charge in [-0.25, -0.2) is 4.98 Å². The SMILES string of the molecule is Cc1cc2ccccc2nc1NCC1(C)CCCC1. The van der Waals surface area contributed by atoms with E-state index >= 15 is 0 Å². The predicted octanol–water partition coefficient (Wildman–Crippen LogP) is 4.54. The van der Waals surface area contributed by atoms with Gasteiger partial charge in [0.05, 0.1) is 5.52 Å². The summed E-state index contributed by atoms with van der Waals surface area (Å²) in [6.07, 6.45) is 5.43. The highest BCUT2D eigenvalue weighted by molar-refractivity contribution is 5.81. The molecular weight excluding hydrogens is 232 g/mol. The molecule has 1 heterocycles. The van der Waals surface area contributed by atoms with Crippen LogP contribution in [0, 0.1) is 12.3 Å². The molecule has 1 N–H and O–H groups in total. The monoisotopic (exact) mass is 254 g/mol. The Balaban J connectivity index is 1.82. The van der Waals surface area contributed by atoms with Gasteiger partial charge < -0.3 is 5.32 Å². The van der Waals surface area contributed by atoms with E-state index in [4.69, 9.17) is 4.98 Å². The van der Waals surface area contributed by atoms with Gasteiger partial charge in [-0.1, -0.05) is 38.0 Å². The Morgan fingerprint density at radius 3 is 2.74 bits per heavy atom. The van der Waals surface area contributed by atoms with Crippen LogP contribution in [0.4, 0.5) is 5.82 Å². The third-order valence-electron chi connectivity index (χ3n) is 4.41. The van der Waals surface area contributed by atoms with Crippen molar-refractivity contribution in [3.8, 4) is 0 Å². The van der Waals surface area contributed by atoms with Crippen LogP contribution >= 0.6 is 0 Å². The van der Waals surface area contributed by atoms with Crippen LogP contribution in [0.25, 0.3) is 10.9 Å². The minimum Gasteiger partial charge on any atom is -0.369 e. The Kier molecular flexibility index (Phi) is 3.17. The molecule has 0 saturated heterocycles. The second kappa shape index (κ2) is 4.84. The summed E-state index contributed by atoms with van der Waals surface area (Å²) >= 11 is 0. The first-order valence-electron chi connectivity index (χ1n) is 7.27. The van der Waals surface area contributed by atoms with Crippen molar-refractivity contribution in [2.45, 2.75) is 39.5 Å². The smallest absolute Gasteiger partial charge is 0.129 e. The van der Waals surface area contributed by atoms with Crippen molar-refractivity contribution in [3.63, 3.8) is 0 Å². The van der Waals surface area contributed by atoms with E-state index in [0.717, 1.165) is 17.9 Å². The maximum absolute atomic E-state index is 4.76. The highest BCUT2D eigenvalue weighted by atomic mass is 15.0. The fourth-order valence-electron chi connectivity index (χ4n) is 3.10. The van der Waals surface area contributed by atoms with Crippen LogP contribution in [0.3, 0.4) is 0 Å². The van der Waals surface area contributed by atoms with E-state index in [1.807, 2.05) is 6.07 Å². The van der Waals surface area contributed by atoms with Crippen LogP contribution in [-0.4, -0.2) is 11.5 Å². The zero-order valence-corrected chi connectivity index (χ0v) is 11.9. The highest BCUT2D eigenvalue weighted by Crippen LogP contribution is 2.37. The van der Waals surface area contributed by atoms with Gasteiger partial charge in [0.2, 0.25) is 0 Å². The topological polar surface area (TPSA) is 24.9 Å². The minimum absolute atomic E-state index is 0.458. The summed E-state index contributed by atoms with van der Waals surface area (Å²) in [6.45, 7) is 5.57. The number of pyridine rings is 1. The van der Waals surface area contributed by atoms with Gasteiger partial charge in [-0.2, -0.15) is 0 Å². The van der Waals surface area contributed by atoms with E-state index in [0.29, 0.717) is 5.41 Å². The number of hydrogen-bond donors (Lipinski definition) is 1. The van der Waals surface area contributed by atoms with Gasteiger partial charge in [-0.05, 0) is 42.9 Å². The summed E-state index contributed by atoms with van der Waals surface area (Å²) in [5.74, 6) is 1.05. The van der Waals surface area contributed by atoms with Gasteiger partial charge in [0, 0.05) is 11.9 Å². The number of fused-ring (bicyclic) bond motifs is 1. The number of rotatable bonds is 3. The van der Waals surface area contributed by atoms with Crippen LogP contribution < -0.4 is 5.32 Å². The molecule has 1 aliphatic carbocycles. The van der Waals surface area contributed by atoms with Crippen molar-refractivity contribution in [1.29, 1.82) is 0 Å². The average molecular weight is 254 g/mol. The van der Waals surface area contributed by atoms with Crippen LogP contribution in [0.5, 0.6) is 0 Å². The number of anilines is 1. The largest absolute Gasteiger partial charge is 0.369 e. The summed E-state index contributed by atoms with van der Waals surface area (Å²) in [5, 5.41) is 4.80. The number of para-hydroxylation sites is 1. The van der Waals surface area contributed by atoms with Gasteiger partial charge in [0.25, 0.3) is 0 Å². The second-order valence-corrected chi connectivity index (χ2v) is 6.22. The molecule has 0 radical (unpaired) electrons. The molecule has 0 atom stereocenters. The Labute approximate surface area is 115 Å². The Bertz CT molecular complexity index is 583. The maximum Gasteiger partial charge on any atom is 0.129 e. The number of aryl methyl sites for hydroxylation is 1. The molecule has 1 aliphatic rings. The van der Waals surface area contributed by atoms with E-state index in [1.165, 1.54) is 36.6 Å². The fourth-order valence-corrected chi connectivity index (χ4v) is 3.10. The normalized spacial score (nSPS) is 17.8. The van der Waals surface area contributed by atoms with Gasteiger partial charge in [0.1, 0.15) is 5.82 Å². The molecule has 0 amide bonds. The molecule has 0 aliphatic heterocycles. The molecule has 2 aromatic rings. The lowest BCUT2D eigenvalue weighted by atomic mass is 9.89. The van der Waals surface area contributed by atoms with E-state index in [2.05, 4.69) is 43.4 Å². The lowest BCUT2D eigenvalue weighted by Gasteiger charge is -2.24. The second-order valence-electron chi connectivity index (χ2n) is 6.22. The molecule has 2 heteroatoms. The Hall–Kier alpha value is -1.57. The molecule has 0 unspecified atom stereocenters. The van der Waals surface area contributed by atoms with E-state index < -0.39 is 0 Å². The van der Waals surface area contributed by atoms with Gasteiger partial charge in [-0.3, -0.25) is 0 Å². The number of hydrogen-bond acceptors (Lipinski definition) is 2. The fraction of sp³-hybridized carbons (Fsp3) is 0.471. The molecule has 1 aromatic carbocycles. The first kappa shape index (κ1) is 12.5. The standard InChI is InChI=1S/C17H22N2/c1-13-11-14-7-3-4-8-15(14)19-16(13)18-12-17(2)9-5-6-10-17/h3-4,7-8,11H,5-6,9-10,12H2,1-2H3,(H,18,19). The molecule has 0 spiro atoms. The quantitative estimate of drug-likeness (QED) is 0.870. The number of benzene rings is 1. The minimum atomic E-state index is 0.458.